The first-order valence-electron chi connectivity index (χ1n) is 6.93. The van der Waals surface area contributed by atoms with Gasteiger partial charge in [-0.1, -0.05) is 23.3 Å². The monoisotopic (exact) mass is 236 g/mol. The van der Waals surface area contributed by atoms with Gasteiger partial charge in [-0.05, 0) is 72.1 Å². The molecule has 1 N–H and O–H groups in total. The average molecular weight is 236 g/mol. The number of hydrogen-bond donors (Lipinski definition) is 1. The second kappa shape index (κ2) is 6.39. The van der Waals surface area contributed by atoms with Crippen molar-refractivity contribution in [3.63, 3.8) is 0 Å². The Kier molecular flexibility index (Phi) is 5.45. The van der Waals surface area contributed by atoms with Crippen LogP contribution in [0.3, 0.4) is 0 Å². The third-order valence-corrected chi connectivity index (χ3v) is 3.69. The molecule has 1 heteroatoms. The maximum Gasteiger partial charge on any atom is 0.0650 e. The number of aliphatic hydroxyl groups is 1. The van der Waals surface area contributed by atoms with Crippen molar-refractivity contribution in [2.45, 2.75) is 71.8 Å². The summed E-state index contributed by atoms with van der Waals surface area (Å²) in [6.07, 6.45) is 11.3. The van der Waals surface area contributed by atoms with Gasteiger partial charge in [0.05, 0.1) is 5.60 Å². The molecule has 0 spiro atoms. The summed E-state index contributed by atoms with van der Waals surface area (Å²) < 4.78 is 0. The summed E-state index contributed by atoms with van der Waals surface area (Å²) in [7, 11) is 0. The molecule has 1 unspecified atom stereocenters. The third kappa shape index (κ3) is 6.07. The Hall–Kier alpha value is -0.560. The largest absolute Gasteiger partial charge is 0.390 e. The zero-order valence-corrected chi connectivity index (χ0v) is 11.9. The van der Waals surface area contributed by atoms with E-state index in [1.165, 1.54) is 24.0 Å². The summed E-state index contributed by atoms with van der Waals surface area (Å²) in [5.41, 5.74) is 2.43. The molecule has 1 rings (SSSR count). The number of allylic oxidation sites excluding steroid dienone is 4. The van der Waals surface area contributed by atoms with E-state index in [9.17, 15) is 5.11 Å². The van der Waals surface area contributed by atoms with Gasteiger partial charge in [-0.25, -0.2) is 0 Å². The smallest absolute Gasteiger partial charge is 0.0650 e. The van der Waals surface area contributed by atoms with E-state index in [0.717, 1.165) is 25.7 Å². The molecular weight excluding hydrogens is 208 g/mol. The molecule has 1 atom stereocenters. The lowest BCUT2D eigenvalue weighted by Crippen LogP contribution is -2.26. The lowest BCUT2D eigenvalue weighted by molar-refractivity contribution is 0.0290. The maximum atomic E-state index is 10.2. The summed E-state index contributed by atoms with van der Waals surface area (Å²) in [5.74, 6) is 0.571. The van der Waals surface area contributed by atoms with Crippen molar-refractivity contribution in [2.24, 2.45) is 5.92 Å². The Labute approximate surface area is 107 Å². The first-order chi connectivity index (χ1) is 7.92. The van der Waals surface area contributed by atoms with Crippen LogP contribution in [0.4, 0.5) is 0 Å². The van der Waals surface area contributed by atoms with E-state index in [4.69, 9.17) is 0 Å². The molecule has 0 aromatic rings. The van der Waals surface area contributed by atoms with Crippen LogP contribution < -0.4 is 0 Å². The molecule has 1 saturated carbocycles. The summed E-state index contributed by atoms with van der Waals surface area (Å²) >= 11 is 0. The fourth-order valence-corrected chi connectivity index (χ4v) is 2.21. The van der Waals surface area contributed by atoms with Gasteiger partial charge in [0.2, 0.25) is 0 Å². The molecule has 0 heterocycles. The summed E-state index contributed by atoms with van der Waals surface area (Å²) in [4.78, 5) is 0. The summed E-state index contributed by atoms with van der Waals surface area (Å²) in [6.45, 7) is 8.49. The van der Waals surface area contributed by atoms with E-state index >= 15 is 0 Å². The maximum absolute atomic E-state index is 10.2. The van der Waals surface area contributed by atoms with E-state index in [1.807, 2.05) is 6.92 Å². The molecule has 1 aliphatic rings. The first-order valence-corrected chi connectivity index (χ1v) is 6.93. The standard InChI is InChI=1S/C16H28O/c1-13(2)7-5-8-14(3)9-6-12-16(4,17)15-10-11-15/h7,9,15,17H,5-6,8,10-12H2,1-4H3/b14-9+. The minimum absolute atomic E-state index is 0.420. The van der Waals surface area contributed by atoms with E-state index in [-0.39, 0.29) is 0 Å². The van der Waals surface area contributed by atoms with Crippen molar-refractivity contribution in [1.82, 2.24) is 0 Å². The van der Waals surface area contributed by atoms with E-state index in [1.54, 1.807) is 0 Å². The van der Waals surface area contributed by atoms with Gasteiger partial charge in [0, 0.05) is 0 Å². The van der Waals surface area contributed by atoms with Crippen LogP contribution in [0, 0.1) is 5.92 Å². The van der Waals surface area contributed by atoms with Gasteiger partial charge in [0.15, 0.2) is 0 Å². The normalized spacial score (nSPS) is 19.9. The second-order valence-corrected chi connectivity index (χ2v) is 6.04. The highest BCUT2D eigenvalue weighted by molar-refractivity contribution is 5.03. The molecule has 0 amide bonds. The van der Waals surface area contributed by atoms with Crippen LogP contribution in [-0.4, -0.2) is 10.7 Å². The minimum Gasteiger partial charge on any atom is -0.390 e. The predicted octanol–water partition coefficient (Wildman–Crippen LogP) is 4.62. The zero-order chi connectivity index (χ0) is 12.9. The van der Waals surface area contributed by atoms with Crippen LogP contribution >= 0.6 is 0 Å². The van der Waals surface area contributed by atoms with Crippen LogP contribution in [0.25, 0.3) is 0 Å². The molecule has 0 bridgehead atoms. The van der Waals surface area contributed by atoms with Crippen LogP contribution in [-0.2, 0) is 0 Å². The van der Waals surface area contributed by atoms with Crippen LogP contribution in [0.15, 0.2) is 23.3 Å². The van der Waals surface area contributed by atoms with Crippen molar-refractivity contribution in [3.05, 3.63) is 23.3 Å². The molecule has 0 aromatic carbocycles. The van der Waals surface area contributed by atoms with Gasteiger partial charge in [0.25, 0.3) is 0 Å². The van der Waals surface area contributed by atoms with Crippen LogP contribution in [0.1, 0.15) is 66.2 Å². The lowest BCUT2D eigenvalue weighted by Gasteiger charge is -2.22. The van der Waals surface area contributed by atoms with E-state index in [2.05, 4.69) is 32.9 Å². The second-order valence-electron chi connectivity index (χ2n) is 6.04. The molecule has 0 radical (unpaired) electrons. The first kappa shape index (κ1) is 14.5. The fraction of sp³-hybridized carbons (Fsp3) is 0.750. The Bertz CT molecular complexity index is 289. The Morgan fingerprint density at radius 1 is 1.18 bits per heavy atom. The quantitative estimate of drug-likeness (QED) is 0.639. The van der Waals surface area contributed by atoms with Gasteiger partial charge in [0.1, 0.15) is 0 Å². The SMILES string of the molecule is CC(C)=CCC/C(C)=C/CCC(C)(O)C1CC1. The van der Waals surface area contributed by atoms with Gasteiger partial charge in [-0.2, -0.15) is 0 Å². The molecule has 0 aromatic heterocycles. The summed E-state index contributed by atoms with van der Waals surface area (Å²) in [5, 5.41) is 10.2. The van der Waals surface area contributed by atoms with Crippen molar-refractivity contribution >= 4 is 0 Å². The molecule has 1 fully saturated rings. The van der Waals surface area contributed by atoms with Crippen molar-refractivity contribution in [1.29, 1.82) is 0 Å². The molecule has 0 saturated heterocycles. The van der Waals surface area contributed by atoms with Gasteiger partial charge in [-0.3, -0.25) is 0 Å². The van der Waals surface area contributed by atoms with Gasteiger partial charge in [-0.15, -0.1) is 0 Å². The van der Waals surface area contributed by atoms with Crippen LogP contribution in [0.5, 0.6) is 0 Å². The Balaban J connectivity index is 2.21. The van der Waals surface area contributed by atoms with Crippen molar-refractivity contribution < 1.29 is 5.11 Å². The molecule has 98 valence electrons. The topological polar surface area (TPSA) is 20.2 Å². The van der Waals surface area contributed by atoms with Gasteiger partial charge >= 0.3 is 0 Å². The lowest BCUT2D eigenvalue weighted by atomic mass is 9.94. The van der Waals surface area contributed by atoms with E-state index < -0.39 is 5.60 Å². The highest BCUT2D eigenvalue weighted by Gasteiger charge is 2.38. The third-order valence-electron chi connectivity index (χ3n) is 3.69. The van der Waals surface area contributed by atoms with Gasteiger partial charge < -0.3 is 5.11 Å². The molecular formula is C16H28O. The average Bonchev–Trinajstić information content (AvgIpc) is 2.99. The zero-order valence-electron chi connectivity index (χ0n) is 11.9. The summed E-state index contributed by atoms with van der Waals surface area (Å²) in [6, 6.07) is 0. The minimum atomic E-state index is -0.420. The highest BCUT2D eigenvalue weighted by Crippen LogP contribution is 2.41. The fourth-order valence-electron chi connectivity index (χ4n) is 2.21. The Morgan fingerprint density at radius 3 is 2.35 bits per heavy atom. The molecule has 0 aliphatic heterocycles. The van der Waals surface area contributed by atoms with Crippen molar-refractivity contribution in [3.8, 4) is 0 Å². The van der Waals surface area contributed by atoms with E-state index in [0.29, 0.717) is 5.92 Å². The molecule has 1 aliphatic carbocycles. The molecule has 17 heavy (non-hydrogen) atoms. The molecule has 1 nitrogen and oxygen atoms in total. The van der Waals surface area contributed by atoms with Crippen molar-refractivity contribution in [2.75, 3.05) is 0 Å². The predicted molar refractivity (Wildman–Crippen MR) is 75.0 cm³/mol. The number of rotatable bonds is 7. The van der Waals surface area contributed by atoms with Crippen LogP contribution in [0.2, 0.25) is 0 Å². The number of hydrogen-bond acceptors (Lipinski definition) is 1. The Morgan fingerprint density at radius 2 is 1.82 bits per heavy atom. The highest BCUT2D eigenvalue weighted by atomic mass is 16.3.